The second-order valence-electron chi connectivity index (χ2n) is 3.71. The molecule has 0 unspecified atom stereocenters. The van der Waals surface area contributed by atoms with Crippen LogP contribution in [-0.4, -0.2) is 21.7 Å². The minimum absolute atomic E-state index is 0.205. The standard InChI is InChI=1S/C10H19N5/c1-5-8-6-9(15(4)14-8)10(13-11)12-7(2)3/h6-7H,5,11H2,1-4H3,(H,12,13). The van der Waals surface area contributed by atoms with Gasteiger partial charge in [0.2, 0.25) is 0 Å². The zero-order valence-electron chi connectivity index (χ0n) is 9.78. The monoisotopic (exact) mass is 209 g/mol. The highest BCUT2D eigenvalue weighted by Crippen LogP contribution is 2.05. The summed E-state index contributed by atoms with van der Waals surface area (Å²) in [6.45, 7) is 6.09. The van der Waals surface area contributed by atoms with Gasteiger partial charge in [-0.1, -0.05) is 6.92 Å². The SMILES string of the molecule is CCc1cc(C(=NC(C)C)NN)n(C)n1. The molecule has 0 bridgehead atoms. The number of rotatable bonds is 3. The van der Waals surface area contributed by atoms with E-state index in [0.717, 1.165) is 17.8 Å². The molecule has 15 heavy (non-hydrogen) atoms. The van der Waals surface area contributed by atoms with E-state index >= 15 is 0 Å². The van der Waals surface area contributed by atoms with Crippen molar-refractivity contribution in [1.82, 2.24) is 15.2 Å². The fraction of sp³-hybridized carbons (Fsp3) is 0.600. The van der Waals surface area contributed by atoms with E-state index in [2.05, 4.69) is 22.4 Å². The molecule has 0 atom stereocenters. The Balaban J connectivity index is 3.06. The smallest absolute Gasteiger partial charge is 0.161 e. The van der Waals surface area contributed by atoms with Gasteiger partial charge in [0.1, 0.15) is 5.69 Å². The predicted octanol–water partition coefficient (Wildman–Crippen LogP) is 0.601. The third-order valence-electron chi connectivity index (χ3n) is 2.06. The van der Waals surface area contributed by atoms with E-state index in [-0.39, 0.29) is 6.04 Å². The van der Waals surface area contributed by atoms with Gasteiger partial charge in [0.25, 0.3) is 0 Å². The van der Waals surface area contributed by atoms with Crippen LogP contribution in [0.15, 0.2) is 11.1 Å². The second kappa shape index (κ2) is 4.93. The maximum absolute atomic E-state index is 5.45. The lowest BCUT2D eigenvalue weighted by atomic mass is 10.3. The lowest BCUT2D eigenvalue weighted by molar-refractivity contribution is 0.730. The summed E-state index contributed by atoms with van der Waals surface area (Å²) in [4.78, 5) is 4.39. The second-order valence-corrected chi connectivity index (χ2v) is 3.71. The summed E-state index contributed by atoms with van der Waals surface area (Å²) < 4.78 is 1.79. The Morgan fingerprint density at radius 3 is 2.73 bits per heavy atom. The van der Waals surface area contributed by atoms with E-state index in [1.54, 1.807) is 4.68 Å². The molecule has 5 heteroatoms. The van der Waals surface area contributed by atoms with Gasteiger partial charge in [-0.15, -0.1) is 0 Å². The molecule has 5 nitrogen and oxygen atoms in total. The zero-order chi connectivity index (χ0) is 11.4. The van der Waals surface area contributed by atoms with E-state index in [9.17, 15) is 0 Å². The molecular weight excluding hydrogens is 190 g/mol. The van der Waals surface area contributed by atoms with Crippen LogP contribution in [0.25, 0.3) is 0 Å². The number of hydrogen-bond acceptors (Lipinski definition) is 3. The molecule has 0 radical (unpaired) electrons. The van der Waals surface area contributed by atoms with Crippen LogP contribution in [0.1, 0.15) is 32.2 Å². The van der Waals surface area contributed by atoms with Crippen molar-refractivity contribution in [3.63, 3.8) is 0 Å². The van der Waals surface area contributed by atoms with Gasteiger partial charge in [-0.2, -0.15) is 5.10 Å². The van der Waals surface area contributed by atoms with Gasteiger partial charge in [0.05, 0.1) is 5.69 Å². The minimum Gasteiger partial charge on any atom is -0.307 e. The quantitative estimate of drug-likeness (QED) is 0.331. The van der Waals surface area contributed by atoms with Crippen molar-refractivity contribution in [2.24, 2.45) is 17.9 Å². The maximum Gasteiger partial charge on any atom is 0.161 e. The number of nitrogens with one attached hydrogen (secondary N) is 1. The molecule has 1 heterocycles. The molecule has 1 aromatic rings. The third kappa shape index (κ3) is 2.79. The Hall–Kier alpha value is -1.36. The first-order valence-corrected chi connectivity index (χ1v) is 5.16. The van der Waals surface area contributed by atoms with Crippen molar-refractivity contribution in [1.29, 1.82) is 0 Å². The lowest BCUT2D eigenvalue weighted by Gasteiger charge is -2.07. The summed E-state index contributed by atoms with van der Waals surface area (Å²) in [6, 6.07) is 2.21. The largest absolute Gasteiger partial charge is 0.307 e. The summed E-state index contributed by atoms with van der Waals surface area (Å²) in [5.74, 6) is 6.13. The van der Waals surface area contributed by atoms with Crippen LogP contribution in [-0.2, 0) is 13.5 Å². The first-order valence-electron chi connectivity index (χ1n) is 5.16. The summed E-state index contributed by atoms with van der Waals surface area (Å²) in [6.07, 6.45) is 0.910. The number of nitrogens with zero attached hydrogens (tertiary/aromatic N) is 3. The van der Waals surface area contributed by atoms with Crippen LogP contribution in [0.5, 0.6) is 0 Å². The van der Waals surface area contributed by atoms with Crippen molar-refractivity contribution < 1.29 is 0 Å². The fourth-order valence-corrected chi connectivity index (χ4v) is 1.36. The maximum atomic E-state index is 5.45. The Bertz CT molecular complexity index is 351. The van der Waals surface area contributed by atoms with Crippen LogP contribution in [0, 0.1) is 0 Å². The number of aliphatic imine (C=N–C) groups is 1. The molecule has 3 N–H and O–H groups in total. The molecule has 0 aromatic carbocycles. The van der Waals surface area contributed by atoms with E-state index in [0.29, 0.717) is 5.84 Å². The molecule has 0 saturated carbocycles. The highest BCUT2D eigenvalue weighted by molar-refractivity contribution is 5.97. The van der Waals surface area contributed by atoms with Crippen LogP contribution in [0.4, 0.5) is 0 Å². The van der Waals surface area contributed by atoms with Gasteiger partial charge >= 0.3 is 0 Å². The number of aryl methyl sites for hydroxylation is 2. The Morgan fingerprint density at radius 2 is 2.33 bits per heavy atom. The molecule has 0 saturated heterocycles. The Morgan fingerprint density at radius 1 is 1.67 bits per heavy atom. The van der Waals surface area contributed by atoms with Gasteiger partial charge in [-0.05, 0) is 26.3 Å². The summed E-state index contributed by atoms with van der Waals surface area (Å²) >= 11 is 0. The van der Waals surface area contributed by atoms with E-state index in [1.807, 2.05) is 27.0 Å². The zero-order valence-corrected chi connectivity index (χ0v) is 9.78. The van der Waals surface area contributed by atoms with Crippen molar-refractivity contribution in [2.75, 3.05) is 0 Å². The first-order chi connectivity index (χ1) is 7.08. The predicted molar refractivity (Wildman–Crippen MR) is 61.6 cm³/mol. The molecule has 1 aromatic heterocycles. The number of amidine groups is 1. The van der Waals surface area contributed by atoms with E-state index in [1.165, 1.54) is 0 Å². The molecule has 0 aliphatic rings. The van der Waals surface area contributed by atoms with E-state index in [4.69, 9.17) is 5.84 Å². The topological polar surface area (TPSA) is 68.2 Å². The van der Waals surface area contributed by atoms with Gasteiger partial charge in [-0.3, -0.25) is 9.67 Å². The van der Waals surface area contributed by atoms with Gasteiger partial charge in [0, 0.05) is 13.1 Å². The van der Waals surface area contributed by atoms with Crippen LogP contribution >= 0.6 is 0 Å². The number of nitrogens with two attached hydrogens (primary N) is 1. The van der Waals surface area contributed by atoms with Gasteiger partial charge in [0.15, 0.2) is 5.84 Å². The third-order valence-corrected chi connectivity index (χ3v) is 2.06. The molecular formula is C10H19N5. The normalized spacial score (nSPS) is 12.3. The first kappa shape index (κ1) is 11.7. The number of hydrazine groups is 1. The van der Waals surface area contributed by atoms with Crippen molar-refractivity contribution >= 4 is 5.84 Å². The van der Waals surface area contributed by atoms with E-state index < -0.39 is 0 Å². The highest BCUT2D eigenvalue weighted by atomic mass is 15.3. The lowest BCUT2D eigenvalue weighted by Crippen LogP contribution is -2.33. The van der Waals surface area contributed by atoms with Crippen molar-refractivity contribution in [3.05, 3.63) is 17.5 Å². The van der Waals surface area contributed by atoms with Crippen molar-refractivity contribution in [3.8, 4) is 0 Å². The molecule has 0 aliphatic heterocycles. The minimum atomic E-state index is 0.205. The molecule has 0 spiro atoms. The molecule has 84 valence electrons. The van der Waals surface area contributed by atoms with Crippen LogP contribution in [0.2, 0.25) is 0 Å². The summed E-state index contributed by atoms with van der Waals surface area (Å²) in [5.41, 5.74) is 4.58. The Kier molecular flexibility index (Phi) is 3.85. The molecule has 0 fully saturated rings. The summed E-state index contributed by atoms with van der Waals surface area (Å²) in [5, 5.41) is 4.35. The van der Waals surface area contributed by atoms with Crippen LogP contribution in [0.3, 0.4) is 0 Å². The Labute approximate surface area is 90.3 Å². The van der Waals surface area contributed by atoms with Crippen molar-refractivity contribution in [2.45, 2.75) is 33.2 Å². The number of hydrogen-bond donors (Lipinski definition) is 2. The average Bonchev–Trinajstić information content (AvgIpc) is 2.56. The molecule has 1 rings (SSSR count). The van der Waals surface area contributed by atoms with Crippen LogP contribution < -0.4 is 11.3 Å². The fourth-order valence-electron chi connectivity index (χ4n) is 1.36. The summed E-state index contributed by atoms with van der Waals surface area (Å²) in [7, 11) is 1.89. The molecule has 0 amide bonds. The average molecular weight is 209 g/mol. The number of aromatic nitrogens is 2. The van der Waals surface area contributed by atoms with Gasteiger partial charge in [-0.25, -0.2) is 5.84 Å². The highest BCUT2D eigenvalue weighted by Gasteiger charge is 2.09. The molecule has 0 aliphatic carbocycles. The van der Waals surface area contributed by atoms with Gasteiger partial charge < -0.3 is 5.43 Å².